The average molecular weight is 534 g/mol. The molecule has 4 rings (SSSR count). The Morgan fingerprint density at radius 3 is 2.40 bits per heavy atom. The van der Waals surface area contributed by atoms with Crippen molar-refractivity contribution >= 4 is 32.9 Å². The number of amides is 1. The Morgan fingerprint density at radius 2 is 1.71 bits per heavy atom. The number of ether oxygens (including phenoxy) is 1. The van der Waals surface area contributed by atoms with Crippen LogP contribution in [0, 0.1) is 0 Å². The van der Waals surface area contributed by atoms with Gasteiger partial charge in [0.05, 0.1) is 23.7 Å². The van der Waals surface area contributed by atoms with E-state index in [1.165, 1.54) is 5.56 Å². The predicted molar refractivity (Wildman–Crippen MR) is 145 cm³/mol. The van der Waals surface area contributed by atoms with Crippen molar-refractivity contribution < 1.29 is 9.53 Å². The quantitative estimate of drug-likeness (QED) is 0.246. The van der Waals surface area contributed by atoms with Gasteiger partial charge in [-0.05, 0) is 72.9 Å². The van der Waals surface area contributed by atoms with Crippen molar-refractivity contribution in [2.45, 2.75) is 52.1 Å². The van der Waals surface area contributed by atoms with Gasteiger partial charge in [0, 0.05) is 16.6 Å². The molecule has 1 heterocycles. The van der Waals surface area contributed by atoms with E-state index >= 15 is 0 Å². The summed E-state index contributed by atoms with van der Waals surface area (Å²) in [7, 11) is 0. The highest BCUT2D eigenvalue weighted by Crippen LogP contribution is 2.25. The number of rotatable bonds is 8. The van der Waals surface area contributed by atoms with Crippen LogP contribution in [0.1, 0.15) is 61.9 Å². The summed E-state index contributed by atoms with van der Waals surface area (Å²) in [5.41, 5.74) is 4.01. The summed E-state index contributed by atoms with van der Waals surface area (Å²) in [6, 6.07) is 23.5. The van der Waals surface area contributed by atoms with Crippen LogP contribution in [-0.4, -0.2) is 22.1 Å². The molecule has 0 spiro atoms. The van der Waals surface area contributed by atoms with Gasteiger partial charge in [0.15, 0.2) is 0 Å². The number of aromatic nitrogens is 2. The second-order valence-electron chi connectivity index (χ2n) is 9.79. The number of imidazole rings is 1. The first kappa shape index (κ1) is 25.0. The molecule has 35 heavy (non-hydrogen) atoms. The summed E-state index contributed by atoms with van der Waals surface area (Å²) in [4.78, 5) is 17.6. The standard InChI is InChI=1S/C29H32BrN3O2/c1-20(31-28(34)21-10-14-23(30)15-11-21)27-32-25-8-5-6-9-26(25)33(27)18-7-19-35-24-16-12-22(13-17-24)29(2,3)4/h5-6,8-17,20H,7,18-19H2,1-4H3,(H,31,34). The molecule has 1 unspecified atom stereocenters. The zero-order valence-electron chi connectivity index (χ0n) is 20.7. The van der Waals surface area contributed by atoms with Gasteiger partial charge in [-0.1, -0.05) is 61.0 Å². The molecule has 1 atom stereocenters. The molecule has 0 bridgehead atoms. The third-order valence-corrected chi connectivity index (χ3v) is 6.57. The third kappa shape index (κ3) is 6.12. The van der Waals surface area contributed by atoms with Crippen LogP contribution in [-0.2, 0) is 12.0 Å². The van der Waals surface area contributed by atoms with E-state index in [1.54, 1.807) is 12.1 Å². The van der Waals surface area contributed by atoms with Crippen molar-refractivity contribution in [2.75, 3.05) is 6.61 Å². The van der Waals surface area contributed by atoms with Crippen LogP contribution < -0.4 is 10.1 Å². The van der Waals surface area contributed by atoms with E-state index in [0.717, 1.165) is 40.0 Å². The number of aryl methyl sites for hydroxylation is 1. The monoisotopic (exact) mass is 533 g/mol. The van der Waals surface area contributed by atoms with Gasteiger partial charge in [-0.25, -0.2) is 4.98 Å². The van der Waals surface area contributed by atoms with Gasteiger partial charge in [-0.3, -0.25) is 4.79 Å². The highest BCUT2D eigenvalue weighted by atomic mass is 79.9. The number of benzene rings is 3. The molecule has 1 aromatic heterocycles. The molecule has 0 saturated carbocycles. The normalized spacial score (nSPS) is 12.5. The van der Waals surface area contributed by atoms with E-state index in [0.29, 0.717) is 12.2 Å². The molecular weight excluding hydrogens is 502 g/mol. The Morgan fingerprint density at radius 1 is 1.03 bits per heavy atom. The molecule has 0 aliphatic heterocycles. The average Bonchev–Trinajstić information content (AvgIpc) is 3.21. The highest BCUT2D eigenvalue weighted by molar-refractivity contribution is 9.10. The SMILES string of the molecule is CC(NC(=O)c1ccc(Br)cc1)c1nc2ccccc2n1CCCOc1ccc(C(C)(C)C)cc1. The van der Waals surface area contributed by atoms with Gasteiger partial charge in [0.2, 0.25) is 0 Å². The van der Waals surface area contributed by atoms with E-state index in [2.05, 4.69) is 64.8 Å². The Bertz CT molecular complexity index is 1290. The van der Waals surface area contributed by atoms with Crippen LogP contribution in [0.4, 0.5) is 0 Å². The fourth-order valence-corrected chi connectivity index (χ4v) is 4.33. The number of fused-ring (bicyclic) bond motifs is 1. The minimum absolute atomic E-state index is 0.120. The molecule has 182 valence electrons. The second-order valence-corrected chi connectivity index (χ2v) is 10.7. The van der Waals surface area contributed by atoms with Crippen molar-refractivity contribution in [1.82, 2.24) is 14.9 Å². The number of hydrogen-bond acceptors (Lipinski definition) is 3. The van der Waals surface area contributed by atoms with Gasteiger partial charge < -0.3 is 14.6 Å². The molecule has 6 heteroatoms. The predicted octanol–water partition coefficient (Wildman–Crippen LogP) is 7.06. The molecule has 0 saturated heterocycles. The number of halogens is 1. The highest BCUT2D eigenvalue weighted by Gasteiger charge is 2.19. The van der Waals surface area contributed by atoms with Crippen LogP contribution in [0.2, 0.25) is 0 Å². The Hall–Kier alpha value is -3.12. The fourth-order valence-electron chi connectivity index (χ4n) is 4.07. The van der Waals surface area contributed by atoms with E-state index < -0.39 is 0 Å². The summed E-state index contributed by atoms with van der Waals surface area (Å²) in [6.45, 7) is 9.94. The maximum Gasteiger partial charge on any atom is 0.251 e. The lowest BCUT2D eigenvalue weighted by Crippen LogP contribution is -2.28. The Balaban J connectivity index is 1.43. The Kier molecular flexibility index (Phi) is 7.60. The van der Waals surface area contributed by atoms with Crippen LogP contribution in [0.3, 0.4) is 0 Å². The minimum Gasteiger partial charge on any atom is -0.494 e. The first-order valence-corrected chi connectivity index (χ1v) is 12.8. The first-order valence-electron chi connectivity index (χ1n) is 12.0. The number of carbonyl (C=O) groups excluding carboxylic acids is 1. The van der Waals surface area contributed by atoms with Crippen LogP contribution >= 0.6 is 15.9 Å². The van der Waals surface area contributed by atoms with Crippen LogP contribution in [0.25, 0.3) is 11.0 Å². The van der Waals surface area contributed by atoms with Crippen molar-refractivity contribution in [3.63, 3.8) is 0 Å². The topological polar surface area (TPSA) is 56.2 Å². The van der Waals surface area contributed by atoms with Crippen LogP contribution in [0.15, 0.2) is 77.3 Å². The van der Waals surface area contributed by atoms with E-state index in [1.807, 2.05) is 49.4 Å². The fraction of sp³-hybridized carbons (Fsp3) is 0.310. The van der Waals surface area contributed by atoms with E-state index in [-0.39, 0.29) is 17.4 Å². The molecular formula is C29H32BrN3O2. The van der Waals surface area contributed by atoms with Gasteiger partial charge in [-0.2, -0.15) is 0 Å². The number of hydrogen-bond donors (Lipinski definition) is 1. The minimum atomic E-state index is -0.246. The summed E-state index contributed by atoms with van der Waals surface area (Å²) in [5, 5.41) is 3.10. The van der Waals surface area contributed by atoms with Crippen molar-refractivity contribution in [1.29, 1.82) is 0 Å². The molecule has 5 nitrogen and oxygen atoms in total. The zero-order chi connectivity index (χ0) is 25.0. The summed E-state index contributed by atoms with van der Waals surface area (Å²) in [5.74, 6) is 1.60. The molecule has 4 aromatic rings. The molecule has 0 aliphatic carbocycles. The van der Waals surface area contributed by atoms with Gasteiger partial charge in [0.1, 0.15) is 11.6 Å². The van der Waals surface area contributed by atoms with Gasteiger partial charge in [0.25, 0.3) is 5.91 Å². The Labute approximate surface area is 215 Å². The first-order chi connectivity index (χ1) is 16.7. The van der Waals surface area contributed by atoms with Gasteiger partial charge in [-0.15, -0.1) is 0 Å². The molecule has 1 N–H and O–H groups in total. The van der Waals surface area contributed by atoms with Crippen molar-refractivity contribution in [3.05, 3.63) is 94.2 Å². The number of para-hydroxylation sites is 2. The van der Waals surface area contributed by atoms with E-state index in [4.69, 9.17) is 9.72 Å². The molecule has 1 amide bonds. The third-order valence-electron chi connectivity index (χ3n) is 6.04. The lowest BCUT2D eigenvalue weighted by molar-refractivity contribution is 0.0937. The molecule has 3 aromatic carbocycles. The summed E-state index contributed by atoms with van der Waals surface area (Å²) in [6.07, 6.45) is 0.821. The lowest BCUT2D eigenvalue weighted by atomic mass is 9.87. The maximum atomic E-state index is 12.8. The number of nitrogens with one attached hydrogen (secondary N) is 1. The van der Waals surface area contributed by atoms with Crippen molar-refractivity contribution in [2.24, 2.45) is 0 Å². The molecule has 0 radical (unpaired) electrons. The second kappa shape index (κ2) is 10.6. The van der Waals surface area contributed by atoms with Crippen LogP contribution in [0.5, 0.6) is 5.75 Å². The summed E-state index contributed by atoms with van der Waals surface area (Å²) < 4.78 is 9.14. The lowest BCUT2D eigenvalue weighted by Gasteiger charge is -2.19. The molecule has 0 aliphatic rings. The van der Waals surface area contributed by atoms with Crippen molar-refractivity contribution in [3.8, 4) is 5.75 Å². The smallest absolute Gasteiger partial charge is 0.251 e. The van der Waals surface area contributed by atoms with E-state index in [9.17, 15) is 4.79 Å². The zero-order valence-corrected chi connectivity index (χ0v) is 22.3. The molecule has 0 fully saturated rings. The largest absolute Gasteiger partial charge is 0.494 e. The number of carbonyl (C=O) groups is 1. The summed E-state index contributed by atoms with van der Waals surface area (Å²) >= 11 is 3.41. The number of nitrogens with zero attached hydrogens (tertiary/aromatic N) is 2. The maximum absolute atomic E-state index is 12.8. The van der Waals surface area contributed by atoms with Gasteiger partial charge >= 0.3 is 0 Å².